The number of carbonyl (C=O) groups excluding carboxylic acids is 1. The maximum Gasteiger partial charge on any atom is 0.322 e. The summed E-state index contributed by atoms with van der Waals surface area (Å²) in [6, 6.07) is 10.5. The van der Waals surface area contributed by atoms with Gasteiger partial charge in [0.05, 0.1) is 0 Å². The van der Waals surface area contributed by atoms with E-state index in [1.807, 2.05) is 30.3 Å². The van der Waals surface area contributed by atoms with Crippen molar-refractivity contribution in [2.24, 2.45) is 0 Å². The van der Waals surface area contributed by atoms with Crippen molar-refractivity contribution < 1.29 is 19.8 Å². The molecule has 23 heavy (non-hydrogen) atoms. The van der Waals surface area contributed by atoms with Gasteiger partial charge in [0, 0.05) is 11.8 Å². The molecule has 8 nitrogen and oxygen atoms in total. The van der Waals surface area contributed by atoms with Crippen molar-refractivity contribution in [3.8, 4) is 17.1 Å². The standard InChI is InChI=1S/C15H12N4O4/c20-10-6-7-19-14(12(10)15(23)16-8-11(21)22)17-13(18-19)9-4-2-1-3-5-9/h1-7,20H,8H2,(H,16,23)(H,21,22). The van der Waals surface area contributed by atoms with Crippen LogP contribution < -0.4 is 5.32 Å². The van der Waals surface area contributed by atoms with Crippen LogP contribution in [0.2, 0.25) is 0 Å². The van der Waals surface area contributed by atoms with Gasteiger partial charge in [-0.25, -0.2) is 9.50 Å². The zero-order valence-corrected chi connectivity index (χ0v) is 11.8. The van der Waals surface area contributed by atoms with Crippen LogP contribution in [0.1, 0.15) is 10.4 Å². The first kappa shape index (κ1) is 14.5. The van der Waals surface area contributed by atoms with Gasteiger partial charge in [0.2, 0.25) is 0 Å². The van der Waals surface area contributed by atoms with Gasteiger partial charge in [0.25, 0.3) is 5.91 Å². The Morgan fingerprint density at radius 2 is 1.91 bits per heavy atom. The minimum atomic E-state index is -1.18. The quantitative estimate of drug-likeness (QED) is 0.659. The molecule has 0 atom stereocenters. The van der Waals surface area contributed by atoms with Crippen molar-refractivity contribution in [2.75, 3.05) is 6.54 Å². The molecule has 8 heteroatoms. The molecule has 3 aromatic rings. The molecule has 0 fully saturated rings. The molecule has 2 heterocycles. The summed E-state index contributed by atoms with van der Waals surface area (Å²) in [5, 5.41) is 25.0. The minimum Gasteiger partial charge on any atom is -0.507 e. The van der Waals surface area contributed by atoms with Crippen molar-refractivity contribution in [1.29, 1.82) is 0 Å². The number of carbonyl (C=O) groups is 2. The number of hydrogen-bond donors (Lipinski definition) is 3. The third-order valence-electron chi connectivity index (χ3n) is 3.14. The number of carboxylic acids is 1. The number of amides is 1. The average Bonchev–Trinajstić information content (AvgIpc) is 2.97. The summed E-state index contributed by atoms with van der Waals surface area (Å²) in [6.45, 7) is -0.557. The number of aromatic nitrogens is 3. The average molecular weight is 312 g/mol. The van der Waals surface area contributed by atoms with Crippen LogP contribution in [-0.2, 0) is 4.79 Å². The lowest BCUT2D eigenvalue weighted by Gasteiger charge is -2.05. The second kappa shape index (κ2) is 5.76. The molecule has 116 valence electrons. The molecule has 2 aromatic heterocycles. The summed E-state index contributed by atoms with van der Waals surface area (Å²) in [5.74, 6) is -1.82. The molecular weight excluding hydrogens is 300 g/mol. The molecule has 0 aliphatic rings. The van der Waals surface area contributed by atoms with Crippen LogP contribution in [-0.4, -0.2) is 43.2 Å². The molecule has 0 saturated heterocycles. The lowest BCUT2D eigenvalue weighted by atomic mass is 10.2. The number of hydrogen-bond acceptors (Lipinski definition) is 5. The number of fused-ring (bicyclic) bond motifs is 1. The summed E-state index contributed by atoms with van der Waals surface area (Å²) in [6.07, 6.45) is 1.47. The van der Waals surface area contributed by atoms with Gasteiger partial charge in [-0.05, 0) is 6.07 Å². The molecule has 3 N–H and O–H groups in total. The molecule has 0 aliphatic carbocycles. The summed E-state index contributed by atoms with van der Waals surface area (Å²) >= 11 is 0. The summed E-state index contributed by atoms with van der Waals surface area (Å²) in [5.41, 5.74) is 0.780. The highest BCUT2D eigenvalue weighted by Crippen LogP contribution is 2.23. The predicted molar refractivity (Wildman–Crippen MR) is 80.1 cm³/mol. The van der Waals surface area contributed by atoms with E-state index in [4.69, 9.17) is 5.11 Å². The fourth-order valence-electron chi connectivity index (χ4n) is 2.11. The van der Waals surface area contributed by atoms with Gasteiger partial charge in [-0.2, -0.15) is 0 Å². The van der Waals surface area contributed by atoms with Crippen LogP contribution in [0.5, 0.6) is 5.75 Å². The number of pyridine rings is 1. The summed E-state index contributed by atoms with van der Waals surface area (Å²) in [7, 11) is 0. The Balaban J connectivity index is 2.07. The van der Waals surface area contributed by atoms with Crippen molar-refractivity contribution in [1.82, 2.24) is 19.9 Å². The first-order valence-corrected chi connectivity index (χ1v) is 6.70. The Morgan fingerprint density at radius 3 is 2.61 bits per heavy atom. The molecule has 0 bridgehead atoms. The lowest BCUT2D eigenvalue weighted by Crippen LogP contribution is -2.29. The second-order valence-corrected chi connectivity index (χ2v) is 4.72. The van der Waals surface area contributed by atoms with E-state index in [1.165, 1.54) is 16.8 Å². The van der Waals surface area contributed by atoms with Crippen LogP contribution in [0.4, 0.5) is 0 Å². The highest BCUT2D eigenvalue weighted by molar-refractivity contribution is 6.03. The Kier molecular flexibility index (Phi) is 3.63. The molecule has 0 aliphatic heterocycles. The van der Waals surface area contributed by atoms with Gasteiger partial charge in [0.1, 0.15) is 17.9 Å². The fourth-order valence-corrected chi connectivity index (χ4v) is 2.11. The normalized spacial score (nSPS) is 10.6. The second-order valence-electron chi connectivity index (χ2n) is 4.72. The number of aromatic hydroxyl groups is 1. The fraction of sp³-hybridized carbons (Fsp3) is 0.0667. The lowest BCUT2D eigenvalue weighted by molar-refractivity contribution is -0.135. The van der Waals surface area contributed by atoms with Gasteiger partial charge in [-0.15, -0.1) is 5.10 Å². The first-order valence-electron chi connectivity index (χ1n) is 6.70. The predicted octanol–water partition coefficient (Wildman–Crippen LogP) is 0.916. The Morgan fingerprint density at radius 1 is 1.17 bits per heavy atom. The largest absolute Gasteiger partial charge is 0.507 e. The number of carboxylic acid groups (broad SMARTS) is 1. The van der Waals surface area contributed by atoms with Gasteiger partial charge in [-0.3, -0.25) is 9.59 Å². The zero-order valence-electron chi connectivity index (χ0n) is 11.8. The number of nitrogens with one attached hydrogen (secondary N) is 1. The summed E-state index contributed by atoms with van der Waals surface area (Å²) in [4.78, 5) is 27.0. The molecular formula is C15H12N4O4. The third kappa shape index (κ3) is 2.82. The van der Waals surface area contributed by atoms with Crippen LogP contribution in [0.3, 0.4) is 0 Å². The highest BCUT2D eigenvalue weighted by Gasteiger charge is 2.20. The van der Waals surface area contributed by atoms with Crippen LogP contribution in [0, 0.1) is 0 Å². The molecule has 1 aromatic carbocycles. The monoisotopic (exact) mass is 312 g/mol. The van der Waals surface area contributed by atoms with Gasteiger partial charge >= 0.3 is 5.97 Å². The molecule has 0 saturated carbocycles. The third-order valence-corrected chi connectivity index (χ3v) is 3.14. The van der Waals surface area contributed by atoms with Crippen molar-refractivity contribution in [3.05, 3.63) is 48.2 Å². The Hall–Kier alpha value is -3.42. The van der Waals surface area contributed by atoms with E-state index in [-0.39, 0.29) is 17.0 Å². The number of nitrogens with zero attached hydrogens (tertiary/aromatic N) is 3. The molecule has 1 amide bonds. The first-order chi connectivity index (χ1) is 11.1. The Bertz CT molecular complexity index is 889. The van der Waals surface area contributed by atoms with Gasteiger partial charge in [-0.1, -0.05) is 30.3 Å². The molecule has 3 rings (SSSR count). The van der Waals surface area contributed by atoms with E-state index in [0.717, 1.165) is 5.56 Å². The van der Waals surface area contributed by atoms with E-state index in [1.54, 1.807) is 0 Å². The van der Waals surface area contributed by atoms with Crippen molar-refractivity contribution in [3.63, 3.8) is 0 Å². The van der Waals surface area contributed by atoms with E-state index in [2.05, 4.69) is 15.4 Å². The maximum atomic E-state index is 12.1. The SMILES string of the molecule is O=C(O)CNC(=O)c1c(O)ccn2nc(-c3ccccc3)nc12. The van der Waals surface area contributed by atoms with E-state index < -0.39 is 18.4 Å². The number of aliphatic carboxylic acids is 1. The van der Waals surface area contributed by atoms with Gasteiger partial charge in [0.15, 0.2) is 11.5 Å². The molecule has 0 radical (unpaired) electrons. The highest BCUT2D eigenvalue weighted by atomic mass is 16.4. The maximum absolute atomic E-state index is 12.1. The molecule has 0 spiro atoms. The Labute approximate surface area is 130 Å². The zero-order chi connectivity index (χ0) is 16.4. The molecule has 0 unspecified atom stereocenters. The van der Waals surface area contributed by atoms with Crippen LogP contribution >= 0.6 is 0 Å². The van der Waals surface area contributed by atoms with E-state index in [9.17, 15) is 14.7 Å². The smallest absolute Gasteiger partial charge is 0.322 e. The van der Waals surface area contributed by atoms with Crippen LogP contribution in [0.25, 0.3) is 17.0 Å². The van der Waals surface area contributed by atoms with Gasteiger partial charge < -0.3 is 15.5 Å². The van der Waals surface area contributed by atoms with E-state index >= 15 is 0 Å². The topological polar surface area (TPSA) is 117 Å². The van der Waals surface area contributed by atoms with Crippen molar-refractivity contribution in [2.45, 2.75) is 0 Å². The number of rotatable bonds is 4. The van der Waals surface area contributed by atoms with Crippen molar-refractivity contribution >= 4 is 17.5 Å². The minimum absolute atomic E-state index is 0.122. The summed E-state index contributed by atoms with van der Waals surface area (Å²) < 4.78 is 1.36. The van der Waals surface area contributed by atoms with E-state index in [0.29, 0.717) is 5.82 Å². The van der Waals surface area contributed by atoms with Crippen LogP contribution in [0.15, 0.2) is 42.6 Å². The number of benzene rings is 1.